The average molecular weight is 299 g/mol. The highest BCUT2D eigenvalue weighted by Crippen LogP contribution is 2.36. The lowest BCUT2D eigenvalue weighted by Gasteiger charge is -2.45. The van der Waals surface area contributed by atoms with Crippen molar-refractivity contribution in [2.24, 2.45) is 11.3 Å². The summed E-state index contributed by atoms with van der Waals surface area (Å²) in [5.74, 6) is -0.635. The van der Waals surface area contributed by atoms with Crippen LogP contribution in [-0.2, 0) is 9.53 Å². The van der Waals surface area contributed by atoms with Crippen molar-refractivity contribution in [3.63, 3.8) is 0 Å². The third-order valence-electron chi connectivity index (χ3n) is 3.80. The molecule has 2 atom stereocenters. The number of aliphatic carboxylic acids is 1. The van der Waals surface area contributed by atoms with Crippen LogP contribution >= 0.6 is 0 Å². The van der Waals surface area contributed by atoms with E-state index in [4.69, 9.17) is 9.84 Å². The number of hydrogen-bond acceptors (Lipinski definition) is 3. The Hall–Kier alpha value is -1.26. The van der Waals surface area contributed by atoms with Gasteiger partial charge in [-0.2, -0.15) is 0 Å². The molecule has 5 nitrogen and oxygen atoms in total. The highest BCUT2D eigenvalue weighted by Gasteiger charge is 2.40. The summed E-state index contributed by atoms with van der Waals surface area (Å²) in [6.07, 6.45) is 1.32. The SMILES string of the molecule is CC(C)(C)OC(=O)N1CCC(CC(=O)O)CC1C(C)(C)C. The molecular formula is C16H29NO4. The molecule has 1 rings (SSSR count). The van der Waals surface area contributed by atoms with E-state index in [1.807, 2.05) is 20.8 Å². The topological polar surface area (TPSA) is 66.8 Å². The number of hydrogen-bond donors (Lipinski definition) is 1. The first kappa shape index (κ1) is 17.8. The van der Waals surface area contributed by atoms with Gasteiger partial charge >= 0.3 is 12.1 Å². The number of piperidine rings is 1. The zero-order valence-corrected chi connectivity index (χ0v) is 14.1. The molecule has 0 spiro atoms. The van der Waals surface area contributed by atoms with E-state index >= 15 is 0 Å². The minimum atomic E-state index is -0.765. The van der Waals surface area contributed by atoms with Gasteiger partial charge in [0.05, 0.1) is 0 Å². The van der Waals surface area contributed by atoms with E-state index in [-0.39, 0.29) is 29.9 Å². The summed E-state index contributed by atoms with van der Waals surface area (Å²) in [6, 6.07) is 0.00505. The molecule has 1 aliphatic rings. The first-order chi connectivity index (χ1) is 9.40. The number of rotatable bonds is 2. The predicted molar refractivity (Wildman–Crippen MR) is 81.2 cm³/mol. The third kappa shape index (κ3) is 5.56. The predicted octanol–water partition coefficient (Wildman–Crippen LogP) is 3.52. The van der Waals surface area contributed by atoms with Crippen molar-refractivity contribution in [1.29, 1.82) is 0 Å². The fraction of sp³-hybridized carbons (Fsp3) is 0.875. The Balaban J connectivity index is 2.84. The molecule has 2 unspecified atom stereocenters. The summed E-state index contributed by atoms with van der Waals surface area (Å²) in [7, 11) is 0. The van der Waals surface area contributed by atoms with Crippen LogP contribution in [0.15, 0.2) is 0 Å². The molecule has 1 saturated heterocycles. The molecule has 0 aliphatic carbocycles. The number of carbonyl (C=O) groups excluding carboxylic acids is 1. The summed E-state index contributed by atoms with van der Waals surface area (Å²) in [4.78, 5) is 25.1. The number of carboxylic acids is 1. The van der Waals surface area contributed by atoms with E-state index in [0.29, 0.717) is 6.54 Å². The maximum Gasteiger partial charge on any atom is 0.410 e. The van der Waals surface area contributed by atoms with Crippen molar-refractivity contribution >= 4 is 12.1 Å². The maximum absolute atomic E-state index is 12.4. The smallest absolute Gasteiger partial charge is 0.410 e. The van der Waals surface area contributed by atoms with E-state index < -0.39 is 11.6 Å². The van der Waals surface area contributed by atoms with Crippen LogP contribution in [0.4, 0.5) is 4.79 Å². The lowest BCUT2D eigenvalue weighted by Crippen LogP contribution is -2.53. The Morgan fingerprint density at radius 3 is 2.19 bits per heavy atom. The van der Waals surface area contributed by atoms with E-state index in [9.17, 15) is 9.59 Å². The van der Waals surface area contributed by atoms with Gasteiger partial charge in [0.15, 0.2) is 0 Å². The van der Waals surface area contributed by atoms with Gasteiger partial charge in [-0.1, -0.05) is 20.8 Å². The Morgan fingerprint density at radius 2 is 1.76 bits per heavy atom. The highest BCUT2D eigenvalue weighted by molar-refractivity contribution is 5.69. The molecule has 0 radical (unpaired) electrons. The standard InChI is InChI=1S/C16H29NO4/c1-15(2,3)12-9-11(10-13(18)19)7-8-17(12)14(20)21-16(4,5)6/h11-12H,7-10H2,1-6H3,(H,18,19). The van der Waals surface area contributed by atoms with Crippen LogP contribution < -0.4 is 0 Å². The second-order valence-electron chi connectivity index (χ2n) is 8.04. The fourth-order valence-electron chi connectivity index (χ4n) is 2.83. The van der Waals surface area contributed by atoms with Gasteiger partial charge in [-0.3, -0.25) is 4.79 Å². The monoisotopic (exact) mass is 299 g/mol. The van der Waals surface area contributed by atoms with Gasteiger partial charge in [0.1, 0.15) is 5.60 Å². The highest BCUT2D eigenvalue weighted by atomic mass is 16.6. The van der Waals surface area contributed by atoms with Gasteiger partial charge in [0.2, 0.25) is 0 Å². The summed E-state index contributed by atoms with van der Waals surface area (Å²) in [6.45, 7) is 12.4. The van der Waals surface area contributed by atoms with Crippen molar-refractivity contribution in [1.82, 2.24) is 4.90 Å². The summed E-state index contributed by atoms with van der Waals surface area (Å²) >= 11 is 0. The van der Waals surface area contributed by atoms with Crippen LogP contribution in [0.3, 0.4) is 0 Å². The zero-order chi connectivity index (χ0) is 16.4. The van der Waals surface area contributed by atoms with E-state index in [1.54, 1.807) is 4.90 Å². The molecule has 0 aromatic carbocycles. The summed E-state index contributed by atoms with van der Waals surface area (Å²) in [5, 5.41) is 8.98. The molecule has 1 heterocycles. The normalized spacial score (nSPS) is 23.8. The zero-order valence-electron chi connectivity index (χ0n) is 14.1. The van der Waals surface area contributed by atoms with Crippen LogP contribution in [0.2, 0.25) is 0 Å². The maximum atomic E-state index is 12.4. The Morgan fingerprint density at radius 1 is 1.19 bits per heavy atom. The van der Waals surface area contributed by atoms with Gasteiger partial charge in [-0.05, 0) is 44.9 Å². The molecule has 1 N–H and O–H groups in total. The van der Waals surface area contributed by atoms with Gasteiger partial charge in [-0.15, -0.1) is 0 Å². The van der Waals surface area contributed by atoms with E-state index in [0.717, 1.165) is 12.8 Å². The lowest BCUT2D eigenvalue weighted by molar-refractivity contribution is -0.138. The van der Waals surface area contributed by atoms with Crippen LogP contribution in [0, 0.1) is 11.3 Å². The second-order valence-corrected chi connectivity index (χ2v) is 8.04. The molecule has 0 aromatic heterocycles. The van der Waals surface area contributed by atoms with Gasteiger partial charge < -0.3 is 14.7 Å². The molecule has 0 aromatic rings. The van der Waals surface area contributed by atoms with E-state index in [2.05, 4.69) is 20.8 Å². The first-order valence-corrected chi connectivity index (χ1v) is 7.61. The minimum absolute atomic E-state index is 0.00505. The second kappa shape index (κ2) is 6.24. The first-order valence-electron chi connectivity index (χ1n) is 7.61. The average Bonchev–Trinajstić information content (AvgIpc) is 2.24. The van der Waals surface area contributed by atoms with Crippen LogP contribution in [0.1, 0.15) is 60.8 Å². The number of ether oxygens (including phenoxy) is 1. The van der Waals surface area contributed by atoms with Gasteiger partial charge in [0, 0.05) is 19.0 Å². The number of nitrogens with zero attached hydrogens (tertiary/aromatic N) is 1. The fourth-order valence-corrected chi connectivity index (χ4v) is 2.83. The molecule has 1 amide bonds. The Labute approximate surface area is 127 Å². The molecule has 21 heavy (non-hydrogen) atoms. The van der Waals surface area contributed by atoms with Gasteiger partial charge in [0.25, 0.3) is 0 Å². The molecule has 0 saturated carbocycles. The Bertz CT molecular complexity index is 392. The van der Waals surface area contributed by atoms with Gasteiger partial charge in [-0.25, -0.2) is 4.79 Å². The number of amides is 1. The van der Waals surface area contributed by atoms with Crippen LogP contribution in [0.5, 0.6) is 0 Å². The van der Waals surface area contributed by atoms with Crippen molar-refractivity contribution < 1.29 is 19.4 Å². The number of likely N-dealkylation sites (tertiary alicyclic amines) is 1. The number of carboxylic acid groups (broad SMARTS) is 1. The van der Waals surface area contributed by atoms with E-state index in [1.165, 1.54) is 0 Å². The quantitative estimate of drug-likeness (QED) is 0.847. The van der Waals surface area contributed by atoms with Crippen molar-refractivity contribution in [2.45, 2.75) is 72.4 Å². The van der Waals surface area contributed by atoms with Crippen LogP contribution in [0.25, 0.3) is 0 Å². The van der Waals surface area contributed by atoms with Crippen molar-refractivity contribution in [2.75, 3.05) is 6.54 Å². The molecule has 5 heteroatoms. The molecule has 1 aliphatic heterocycles. The molecule has 0 bridgehead atoms. The van der Waals surface area contributed by atoms with Crippen LogP contribution in [-0.4, -0.2) is 40.3 Å². The lowest BCUT2D eigenvalue weighted by atomic mass is 9.76. The molecule has 1 fully saturated rings. The summed E-state index contributed by atoms with van der Waals surface area (Å²) < 4.78 is 5.49. The minimum Gasteiger partial charge on any atom is -0.481 e. The van der Waals surface area contributed by atoms with Crippen molar-refractivity contribution in [3.8, 4) is 0 Å². The molecule has 122 valence electrons. The molecular weight excluding hydrogens is 270 g/mol. The summed E-state index contributed by atoms with van der Waals surface area (Å²) in [5.41, 5.74) is -0.620. The Kier molecular flexibility index (Phi) is 5.29. The number of carbonyl (C=O) groups is 2. The third-order valence-corrected chi connectivity index (χ3v) is 3.80. The van der Waals surface area contributed by atoms with Crippen molar-refractivity contribution in [3.05, 3.63) is 0 Å². The largest absolute Gasteiger partial charge is 0.481 e.